The zero-order chi connectivity index (χ0) is 21.8. The van der Waals surface area contributed by atoms with Crippen molar-refractivity contribution >= 4 is 0 Å². The zero-order valence-corrected chi connectivity index (χ0v) is 19.7. The van der Waals surface area contributed by atoms with Gasteiger partial charge in [0.05, 0.1) is 0 Å². The van der Waals surface area contributed by atoms with Crippen molar-refractivity contribution in [1.29, 1.82) is 0 Å². The molecule has 156 valence electrons. The first-order valence-electron chi connectivity index (χ1n) is 10.8. The molecule has 1 atom stereocenters. The molecule has 0 aromatic rings. The smallest absolute Gasteiger partial charge is 0.0391 e. The van der Waals surface area contributed by atoms with E-state index in [0.717, 1.165) is 13.0 Å². The van der Waals surface area contributed by atoms with Gasteiger partial charge in [0.25, 0.3) is 0 Å². The number of hydrogen-bond donors (Lipinski definition) is 0. The highest BCUT2D eigenvalue weighted by atomic mass is 15.2. The molecule has 1 nitrogen and oxygen atoms in total. The van der Waals surface area contributed by atoms with Gasteiger partial charge in [0.2, 0.25) is 0 Å². The molecular formula is C26H47N. The van der Waals surface area contributed by atoms with E-state index >= 15 is 0 Å². The first kappa shape index (κ1) is 30.2. The van der Waals surface area contributed by atoms with Crippen LogP contribution in [0.3, 0.4) is 0 Å². The van der Waals surface area contributed by atoms with Crippen LogP contribution in [0.2, 0.25) is 0 Å². The van der Waals surface area contributed by atoms with Crippen LogP contribution in [-0.2, 0) is 0 Å². The normalized spacial score (nSPS) is 19.6. The predicted molar refractivity (Wildman–Crippen MR) is 128 cm³/mol. The van der Waals surface area contributed by atoms with Gasteiger partial charge in [-0.3, -0.25) is 4.90 Å². The lowest BCUT2D eigenvalue weighted by Gasteiger charge is -2.43. The van der Waals surface area contributed by atoms with Gasteiger partial charge in [-0.1, -0.05) is 97.8 Å². The van der Waals surface area contributed by atoms with Crippen molar-refractivity contribution in [2.45, 2.75) is 93.5 Å². The van der Waals surface area contributed by atoms with Crippen LogP contribution in [0.15, 0.2) is 47.6 Å². The minimum Gasteiger partial charge on any atom is -0.292 e. The lowest BCUT2D eigenvalue weighted by Crippen LogP contribution is -2.45. The molecular weight excluding hydrogens is 326 g/mol. The monoisotopic (exact) mass is 373 g/mol. The van der Waals surface area contributed by atoms with Gasteiger partial charge in [-0.15, -0.1) is 12.8 Å². The maximum Gasteiger partial charge on any atom is 0.0391 e. The molecule has 0 saturated carbocycles. The van der Waals surface area contributed by atoms with Crippen molar-refractivity contribution in [3.63, 3.8) is 0 Å². The van der Waals surface area contributed by atoms with Crippen molar-refractivity contribution in [3.8, 4) is 12.8 Å². The summed E-state index contributed by atoms with van der Waals surface area (Å²) >= 11 is 0. The van der Waals surface area contributed by atoms with Gasteiger partial charge in [0, 0.05) is 19.1 Å². The van der Waals surface area contributed by atoms with E-state index in [9.17, 15) is 0 Å². The fourth-order valence-corrected chi connectivity index (χ4v) is 3.20. The van der Waals surface area contributed by atoms with Crippen LogP contribution in [0.4, 0.5) is 0 Å². The molecule has 0 amide bonds. The molecule has 2 aliphatic heterocycles. The van der Waals surface area contributed by atoms with E-state index in [0.29, 0.717) is 6.04 Å². The molecule has 27 heavy (non-hydrogen) atoms. The third-order valence-electron chi connectivity index (χ3n) is 4.26. The third kappa shape index (κ3) is 11.0. The second-order valence-electron chi connectivity index (χ2n) is 6.24. The van der Waals surface area contributed by atoms with Crippen LogP contribution in [-0.4, -0.2) is 24.0 Å². The summed E-state index contributed by atoms with van der Waals surface area (Å²) in [5, 5.41) is 0. The summed E-state index contributed by atoms with van der Waals surface area (Å²) in [5.41, 5.74) is 5.98. The Labute approximate surface area is 172 Å². The highest BCUT2D eigenvalue weighted by Crippen LogP contribution is 2.36. The van der Waals surface area contributed by atoms with Gasteiger partial charge in [0.15, 0.2) is 0 Å². The second kappa shape index (κ2) is 20.8. The first-order valence-corrected chi connectivity index (χ1v) is 10.8. The minimum atomic E-state index is 0.546. The molecule has 0 aromatic carbocycles. The SMILES string of the molecule is C#C.C=C/C=C1\C(=C)CCN2CC(CCC)=C(C)CC12.CC.CC.CCC. The molecule has 1 saturated heterocycles. The summed E-state index contributed by atoms with van der Waals surface area (Å²) in [6.45, 7) is 27.2. The standard InChI is InChI=1S/C17H25N.C3H8.2C2H6.C2H2/c1-5-7-15-12-18-10-9-13(3)16(8-6-2)17(18)11-14(15)4;1-3-2;3*1-2/h6,8,17H,2-3,5,7,9-12H2,1,4H3;3H2,1-2H3;2*1-2H3;1-2H/b16-8+;;;;. The van der Waals surface area contributed by atoms with E-state index < -0.39 is 0 Å². The maximum atomic E-state index is 4.23. The molecule has 0 aliphatic carbocycles. The number of allylic oxidation sites excluding steroid dienone is 2. The largest absolute Gasteiger partial charge is 0.292 e. The van der Waals surface area contributed by atoms with Crippen LogP contribution in [0.5, 0.6) is 0 Å². The molecule has 2 rings (SSSR count). The summed E-state index contributed by atoms with van der Waals surface area (Å²) in [5.74, 6) is 0. The van der Waals surface area contributed by atoms with Gasteiger partial charge >= 0.3 is 0 Å². The highest BCUT2D eigenvalue weighted by Gasteiger charge is 2.32. The number of fused-ring (bicyclic) bond motifs is 1. The molecule has 0 aromatic heterocycles. The summed E-state index contributed by atoms with van der Waals surface area (Å²) < 4.78 is 0. The Morgan fingerprint density at radius 3 is 2.07 bits per heavy atom. The van der Waals surface area contributed by atoms with Crippen molar-refractivity contribution in [2.75, 3.05) is 13.1 Å². The van der Waals surface area contributed by atoms with Crippen LogP contribution in [0, 0.1) is 12.8 Å². The second-order valence-corrected chi connectivity index (χ2v) is 6.24. The molecule has 2 aliphatic rings. The fourth-order valence-electron chi connectivity index (χ4n) is 3.20. The van der Waals surface area contributed by atoms with E-state index in [2.05, 4.69) is 64.7 Å². The number of hydrogen-bond acceptors (Lipinski definition) is 1. The molecule has 2 heterocycles. The molecule has 1 fully saturated rings. The van der Waals surface area contributed by atoms with Gasteiger partial charge in [-0.2, -0.15) is 0 Å². The summed E-state index contributed by atoms with van der Waals surface area (Å²) in [4.78, 5) is 2.63. The van der Waals surface area contributed by atoms with Crippen molar-refractivity contribution in [1.82, 2.24) is 4.90 Å². The lowest BCUT2D eigenvalue weighted by molar-refractivity contribution is 0.208. The van der Waals surface area contributed by atoms with Crippen molar-refractivity contribution in [2.24, 2.45) is 0 Å². The molecule has 0 radical (unpaired) electrons. The zero-order valence-electron chi connectivity index (χ0n) is 19.7. The molecule has 1 unspecified atom stereocenters. The minimum absolute atomic E-state index is 0.546. The summed E-state index contributed by atoms with van der Waals surface area (Å²) in [6, 6.07) is 0.546. The van der Waals surface area contributed by atoms with Crippen molar-refractivity contribution in [3.05, 3.63) is 47.6 Å². The average Bonchev–Trinajstić information content (AvgIpc) is 2.71. The summed E-state index contributed by atoms with van der Waals surface area (Å²) in [7, 11) is 0. The van der Waals surface area contributed by atoms with Gasteiger partial charge < -0.3 is 0 Å². The Balaban J connectivity index is -0.000000555. The molecule has 0 spiro atoms. The van der Waals surface area contributed by atoms with E-state index in [1.807, 2.05) is 33.8 Å². The third-order valence-corrected chi connectivity index (χ3v) is 4.26. The Bertz CT molecular complexity index is 462. The van der Waals surface area contributed by atoms with Gasteiger partial charge in [0.1, 0.15) is 0 Å². The van der Waals surface area contributed by atoms with E-state index in [1.165, 1.54) is 43.4 Å². The number of piperidine rings is 1. The van der Waals surface area contributed by atoms with Gasteiger partial charge in [-0.05, 0) is 37.3 Å². The van der Waals surface area contributed by atoms with Crippen LogP contribution >= 0.6 is 0 Å². The molecule has 0 bridgehead atoms. The van der Waals surface area contributed by atoms with E-state index in [4.69, 9.17) is 0 Å². The lowest BCUT2D eigenvalue weighted by atomic mass is 9.82. The Morgan fingerprint density at radius 1 is 1.11 bits per heavy atom. The van der Waals surface area contributed by atoms with Crippen LogP contribution in [0.1, 0.15) is 87.5 Å². The van der Waals surface area contributed by atoms with Crippen molar-refractivity contribution < 1.29 is 0 Å². The topological polar surface area (TPSA) is 3.24 Å². The number of terminal acetylenes is 1. The fraction of sp³-hybridized carbons (Fsp3) is 0.615. The van der Waals surface area contributed by atoms with E-state index in [-0.39, 0.29) is 0 Å². The summed E-state index contributed by atoms with van der Waals surface area (Å²) in [6.07, 6.45) is 18.1. The molecule has 0 N–H and O–H groups in total. The predicted octanol–water partition coefficient (Wildman–Crippen LogP) is 7.97. The van der Waals surface area contributed by atoms with Crippen LogP contribution < -0.4 is 0 Å². The number of rotatable bonds is 3. The highest BCUT2D eigenvalue weighted by molar-refractivity contribution is 5.41. The van der Waals surface area contributed by atoms with Gasteiger partial charge in [-0.25, -0.2) is 0 Å². The quantitative estimate of drug-likeness (QED) is 0.358. The Hall–Kier alpha value is -1.52. The Kier molecular flexibility index (Phi) is 23.3. The first-order chi connectivity index (χ1) is 13.1. The average molecular weight is 374 g/mol. The molecule has 1 heteroatoms. The number of nitrogens with zero attached hydrogens (tertiary/aromatic N) is 1. The van der Waals surface area contributed by atoms with Crippen LogP contribution in [0.25, 0.3) is 0 Å². The maximum absolute atomic E-state index is 4.23. The Morgan fingerprint density at radius 2 is 1.63 bits per heavy atom. The van der Waals surface area contributed by atoms with E-state index in [1.54, 1.807) is 11.1 Å².